The number of anilines is 1. The Hall–Kier alpha value is -2.17. The van der Waals surface area contributed by atoms with E-state index in [9.17, 15) is 14.4 Å². The molecule has 5 heteroatoms. The van der Waals surface area contributed by atoms with E-state index in [0.717, 1.165) is 11.1 Å². The molecular formula is C15H18N2O3. The largest absolute Gasteiger partial charge is 0.344 e. The van der Waals surface area contributed by atoms with Crippen molar-refractivity contribution in [3.8, 4) is 0 Å². The third-order valence-corrected chi connectivity index (χ3v) is 3.72. The van der Waals surface area contributed by atoms with Gasteiger partial charge in [-0.2, -0.15) is 0 Å². The molecule has 106 valence electrons. The van der Waals surface area contributed by atoms with Gasteiger partial charge in [0.1, 0.15) is 6.54 Å². The van der Waals surface area contributed by atoms with Crippen molar-refractivity contribution in [1.29, 1.82) is 0 Å². The molecule has 1 heterocycles. The van der Waals surface area contributed by atoms with Crippen LogP contribution in [-0.2, 0) is 9.59 Å². The summed E-state index contributed by atoms with van der Waals surface area (Å²) in [4.78, 5) is 39.0. The Bertz CT molecular complexity index is 607. The predicted molar refractivity (Wildman–Crippen MR) is 75.9 cm³/mol. The van der Waals surface area contributed by atoms with E-state index in [1.807, 2.05) is 26.0 Å². The average molecular weight is 274 g/mol. The Morgan fingerprint density at radius 3 is 2.40 bits per heavy atom. The van der Waals surface area contributed by atoms with Crippen LogP contribution in [0.5, 0.6) is 0 Å². The molecule has 0 bridgehead atoms. The van der Waals surface area contributed by atoms with Gasteiger partial charge in [-0.3, -0.25) is 19.3 Å². The molecule has 1 aliphatic rings. The minimum Gasteiger partial charge on any atom is -0.344 e. The number of hydrogen-bond donors (Lipinski definition) is 0. The fourth-order valence-electron chi connectivity index (χ4n) is 2.34. The Labute approximate surface area is 118 Å². The molecule has 1 aliphatic heterocycles. The number of aryl methyl sites for hydroxylation is 2. The highest BCUT2D eigenvalue weighted by Crippen LogP contribution is 2.34. The van der Waals surface area contributed by atoms with Crippen LogP contribution in [0.4, 0.5) is 5.69 Å². The molecule has 0 atom stereocenters. The highest BCUT2D eigenvalue weighted by molar-refractivity contribution is 6.53. The Morgan fingerprint density at radius 1 is 1.20 bits per heavy atom. The maximum Gasteiger partial charge on any atom is 0.299 e. The molecule has 0 N–H and O–H groups in total. The van der Waals surface area contributed by atoms with Crippen molar-refractivity contribution in [3.63, 3.8) is 0 Å². The molecule has 0 aromatic heterocycles. The summed E-state index contributed by atoms with van der Waals surface area (Å²) in [6.07, 6.45) is 0. The zero-order valence-electron chi connectivity index (χ0n) is 12.2. The van der Waals surface area contributed by atoms with Gasteiger partial charge in [0.25, 0.3) is 11.7 Å². The predicted octanol–water partition coefficient (Wildman–Crippen LogP) is 1.31. The van der Waals surface area contributed by atoms with E-state index in [2.05, 4.69) is 0 Å². The molecule has 0 aliphatic carbocycles. The molecule has 0 saturated carbocycles. The minimum absolute atomic E-state index is 0.0911. The number of Topliss-reactive ketones (excluding diaryl/α,β-unsaturated/α-hetero) is 1. The highest BCUT2D eigenvalue weighted by atomic mass is 16.2. The van der Waals surface area contributed by atoms with Crippen LogP contribution in [0.3, 0.4) is 0 Å². The lowest BCUT2D eigenvalue weighted by Crippen LogP contribution is -2.41. The molecule has 20 heavy (non-hydrogen) atoms. The molecule has 0 saturated heterocycles. The van der Waals surface area contributed by atoms with E-state index in [-0.39, 0.29) is 12.5 Å². The number of rotatable bonds is 3. The van der Waals surface area contributed by atoms with Gasteiger partial charge in [0.2, 0.25) is 5.91 Å². The number of hydrogen-bond acceptors (Lipinski definition) is 3. The number of fused-ring (bicyclic) bond motifs is 1. The molecule has 1 aromatic rings. The number of amides is 2. The van der Waals surface area contributed by atoms with Gasteiger partial charge in [-0.1, -0.05) is 12.1 Å². The van der Waals surface area contributed by atoms with E-state index in [1.165, 1.54) is 9.80 Å². The third-order valence-electron chi connectivity index (χ3n) is 3.72. The van der Waals surface area contributed by atoms with E-state index in [0.29, 0.717) is 17.8 Å². The first-order valence-electron chi connectivity index (χ1n) is 6.58. The second-order valence-corrected chi connectivity index (χ2v) is 5.05. The Balaban J connectivity index is 2.44. The van der Waals surface area contributed by atoms with Gasteiger partial charge >= 0.3 is 0 Å². The highest BCUT2D eigenvalue weighted by Gasteiger charge is 2.39. The van der Waals surface area contributed by atoms with Gasteiger partial charge in [0, 0.05) is 13.6 Å². The topological polar surface area (TPSA) is 57.7 Å². The maximum atomic E-state index is 12.1. The van der Waals surface area contributed by atoms with Crippen LogP contribution in [0.1, 0.15) is 28.4 Å². The molecular weight excluding hydrogens is 256 g/mol. The van der Waals surface area contributed by atoms with Gasteiger partial charge in [0.15, 0.2) is 0 Å². The minimum atomic E-state index is -0.616. The lowest BCUT2D eigenvalue weighted by atomic mass is 10.0. The quantitative estimate of drug-likeness (QED) is 0.781. The summed E-state index contributed by atoms with van der Waals surface area (Å²) in [6.45, 7) is 5.97. The maximum absolute atomic E-state index is 12.1. The van der Waals surface area contributed by atoms with Crippen LogP contribution in [0.15, 0.2) is 12.1 Å². The van der Waals surface area contributed by atoms with Crippen molar-refractivity contribution < 1.29 is 14.4 Å². The summed E-state index contributed by atoms with van der Waals surface area (Å²) in [5.74, 6) is -1.31. The lowest BCUT2D eigenvalue weighted by molar-refractivity contribution is -0.129. The molecule has 0 fully saturated rings. The van der Waals surface area contributed by atoms with Crippen molar-refractivity contribution in [3.05, 3.63) is 28.8 Å². The van der Waals surface area contributed by atoms with Crippen molar-refractivity contribution in [2.24, 2.45) is 0 Å². The number of carbonyl (C=O) groups is 3. The van der Waals surface area contributed by atoms with Crippen LogP contribution in [-0.4, -0.2) is 42.6 Å². The van der Waals surface area contributed by atoms with Crippen LogP contribution in [0.2, 0.25) is 0 Å². The van der Waals surface area contributed by atoms with Gasteiger partial charge in [-0.05, 0) is 31.9 Å². The number of likely N-dealkylation sites (N-methyl/N-ethyl adjacent to an activating group) is 1. The Morgan fingerprint density at radius 2 is 1.80 bits per heavy atom. The molecule has 0 spiro atoms. The standard InChI is InChI=1S/C15H18N2O3/c1-5-16(4)11(18)8-17-13-10(3)7-6-9(2)12(13)14(19)15(17)20/h6-7H,5,8H2,1-4H3. The van der Waals surface area contributed by atoms with Gasteiger partial charge in [0.05, 0.1) is 11.3 Å². The second-order valence-electron chi connectivity index (χ2n) is 5.05. The zero-order valence-corrected chi connectivity index (χ0v) is 12.2. The van der Waals surface area contributed by atoms with Crippen molar-refractivity contribution in [2.45, 2.75) is 20.8 Å². The third kappa shape index (κ3) is 2.09. The van der Waals surface area contributed by atoms with Crippen LogP contribution in [0, 0.1) is 13.8 Å². The van der Waals surface area contributed by atoms with Crippen LogP contribution < -0.4 is 4.90 Å². The fourth-order valence-corrected chi connectivity index (χ4v) is 2.34. The molecule has 5 nitrogen and oxygen atoms in total. The number of nitrogens with zero attached hydrogens (tertiary/aromatic N) is 2. The van der Waals surface area contributed by atoms with Gasteiger partial charge < -0.3 is 4.90 Å². The van der Waals surface area contributed by atoms with Crippen LogP contribution in [0.25, 0.3) is 0 Å². The smallest absolute Gasteiger partial charge is 0.299 e. The molecule has 0 radical (unpaired) electrons. The summed E-state index contributed by atoms with van der Waals surface area (Å²) in [5, 5.41) is 0. The molecule has 2 rings (SSSR count). The Kier molecular flexibility index (Phi) is 3.61. The molecule has 2 amide bonds. The summed E-state index contributed by atoms with van der Waals surface area (Å²) in [6, 6.07) is 3.68. The summed E-state index contributed by atoms with van der Waals surface area (Å²) >= 11 is 0. The fraction of sp³-hybridized carbons (Fsp3) is 0.400. The average Bonchev–Trinajstić information content (AvgIpc) is 2.68. The number of carbonyl (C=O) groups excluding carboxylic acids is 3. The van der Waals surface area contributed by atoms with Gasteiger partial charge in [-0.15, -0.1) is 0 Å². The van der Waals surface area contributed by atoms with Crippen LogP contribution >= 0.6 is 0 Å². The van der Waals surface area contributed by atoms with Gasteiger partial charge in [-0.25, -0.2) is 0 Å². The first kappa shape index (κ1) is 14.2. The van der Waals surface area contributed by atoms with E-state index >= 15 is 0 Å². The van der Waals surface area contributed by atoms with E-state index in [1.54, 1.807) is 14.0 Å². The number of ketones is 1. The second kappa shape index (κ2) is 5.07. The van der Waals surface area contributed by atoms with E-state index in [4.69, 9.17) is 0 Å². The molecule has 0 unspecified atom stereocenters. The number of benzene rings is 1. The monoisotopic (exact) mass is 274 g/mol. The normalized spacial score (nSPS) is 13.7. The lowest BCUT2D eigenvalue weighted by Gasteiger charge is -2.21. The van der Waals surface area contributed by atoms with E-state index < -0.39 is 11.7 Å². The van der Waals surface area contributed by atoms with Crippen molar-refractivity contribution in [2.75, 3.05) is 25.0 Å². The van der Waals surface area contributed by atoms with Crippen molar-refractivity contribution >= 4 is 23.3 Å². The summed E-state index contributed by atoms with van der Waals surface area (Å²) < 4.78 is 0. The summed E-state index contributed by atoms with van der Waals surface area (Å²) in [7, 11) is 1.68. The van der Waals surface area contributed by atoms with Crippen molar-refractivity contribution in [1.82, 2.24) is 4.90 Å². The molecule has 1 aromatic carbocycles. The SMILES string of the molecule is CCN(C)C(=O)CN1C(=O)C(=O)c2c(C)ccc(C)c21. The zero-order chi connectivity index (χ0) is 15.0. The first-order chi connectivity index (χ1) is 9.38. The summed E-state index contributed by atoms with van der Waals surface area (Å²) in [5.41, 5.74) is 2.61. The first-order valence-corrected chi connectivity index (χ1v) is 6.58.